The van der Waals surface area contributed by atoms with Gasteiger partial charge >= 0.3 is 0 Å². The van der Waals surface area contributed by atoms with Crippen LogP contribution in [0.15, 0.2) is 18.3 Å². The molecule has 1 aliphatic rings. The van der Waals surface area contributed by atoms with Crippen LogP contribution >= 0.6 is 0 Å². The molecule has 0 saturated heterocycles. The Morgan fingerprint density at radius 1 is 1.50 bits per heavy atom. The van der Waals surface area contributed by atoms with Crippen molar-refractivity contribution in [1.29, 1.82) is 0 Å². The van der Waals surface area contributed by atoms with E-state index in [1.54, 1.807) is 18.3 Å². The molecule has 0 aliphatic heterocycles. The zero-order valence-corrected chi connectivity index (χ0v) is 11.9. The lowest BCUT2D eigenvalue weighted by atomic mass is 10.2. The average Bonchev–Trinajstić information content (AvgIpc) is 3.01. The number of amides is 1. The summed E-state index contributed by atoms with van der Waals surface area (Å²) >= 11 is 0. The van der Waals surface area contributed by atoms with Crippen LogP contribution in [0.5, 0.6) is 0 Å². The summed E-state index contributed by atoms with van der Waals surface area (Å²) in [6.07, 6.45) is 6.77. The predicted molar refractivity (Wildman–Crippen MR) is 79.3 cm³/mol. The molecule has 1 aromatic heterocycles. The predicted octanol–water partition coefficient (Wildman–Crippen LogP) is 0.971. The van der Waals surface area contributed by atoms with Crippen molar-refractivity contribution in [2.75, 3.05) is 25.6 Å². The summed E-state index contributed by atoms with van der Waals surface area (Å²) in [5.74, 6) is 5.67. The molecule has 6 nitrogen and oxygen atoms in total. The highest BCUT2D eigenvalue weighted by atomic mass is 16.1. The highest BCUT2D eigenvalue weighted by Gasteiger charge is 2.19. The van der Waals surface area contributed by atoms with Crippen LogP contribution in [-0.4, -0.2) is 42.0 Å². The van der Waals surface area contributed by atoms with Crippen LogP contribution in [-0.2, 0) is 0 Å². The molecule has 1 fully saturated rings. The molecule has 2 rings (SSSR count). The summed E-state index contributed by atoms with van der Waals surface area (Å²) in [6.45, 7) is 1.53. The summed E-state index contributed by atoms with van der Waals surface area (Å²) in [7, 11) is 2.13. The maximum Gasteiger partial charge on any atom is 0.251 e. The number of anilines is 1. The summed E-state index contributed by atoms with van der Waals surface area (Å²) in [6, 6.07) is 3.99. The van der Waals surface area contributed by atoms with Crippen LogP contribution in [0, 0.1) is 0 Å². The number of nitrogens with one attached hydrogen (secondary N) is 2. The average molecular weight is 277 g/mol. The molecule has 4 N–H and O–H groups in total. The summed E-state index contributed by atoms with van der Waals surface area (Å²) in [5, 5.41) is 2.93. The number of aromatic nitrogens is 1. The van der Waals surface area contributed by atoms with Gasteiger partial charge in [0, 0.05) is 30.9 Å². The van der Waals surface area contributed by atoms with E-state index >= 15 is 0 Å². The smallest absolute Gasteiger partial charge is 0.251 e. The lowest BCUT2D eigenvalue weighted by Gasteiger charge is -2.23. The maximum atomic E-state index is 12.0. The Morgan fingerprint density at radius 2 is 2.25 bits per heavy atom. The number of rotatable bonds is 6. The van der Waals surface area contributed by atoms with Crippen molar-refractivity contribution in [3.05, 3.63) is 23.9 Å². The first-order chi connectivity index (χ1) is 9.70. The van der Waals surface area contributed by atoms with Crippen molar-refractivity contribution in [2.24, 2.45) is 5.84 Å². The number of hydrazine groups is 1. The highest BCUT2D eigenvalue weighted by Crippen LogP contribution is 2.21. The fourth-order valence-electron chi connectivity index (χ4n) is 2.63. The first-order valence-electron chi connectivity index (χ1n) is 7.12. The Morgan fingerprint density at radius 3 is 2.95 bits per heavy atom. The first kappa shape index (κ1) is 14.7. The number of likely N-dealkylation sites (N-methyl/N-ethyl adjacent to an activating group) is 1. The van der Waals surface area contributed by atoms with Crippen molar-refractivity contribution in [2.45, 2.75) is 31.7 Å². The molecular weight excluding hydrogens is 254 g/mol. The second kappa shape index (κ2) is 7.21. The van der Waals surface area contributed by atoms with E-state index in [0.29, 0.717) is 24.0 Å². The van der Waals surface area contributed by atoms with Crippen molar-refractivity contribution in [1.82, 2.24) is 15.2 Å². The molecule has 0 atom stereocenters. The Labute approximate surface area is 119 Å². The molecule has 20 heavy (non-hydrogen) atoms. The molecule has 1 amide bonds. The number of carbonyl (C=O) groups excluding carboxylic acids is 1. The Kier molecular flexibility index (Phi) is 5.31. The number of nitrogen functional groups attached to an aromatic ring is 1. The van der Waals surface area contributed by atoms with Crippen LogP contribution in [0.25, 0.3) is 0 Å². The molecule has 0 aromatic carbocycles. The lowest BCUT2D eigenvalue weighted by molar-refractivity contribution is 0.0947. The molecule has 0 bridgehead atoms. The van der Waals surface area contributed by atoms with Gasteiger partial charge in [-0.15, -0.1) is 0 Å². The molecule has 0 spiro atoms. The van der Waals surface area contributed by atoms with E-state index in [0.717, 1.165) is 6.54 Å². The topological polar surface area (TPSA) is 83.3 Å². The van der Waals surface area contributed by atoms with Gasteiger partial charge < -0.3 is 15.6 Å². The Hall–Kier alpha value is -1.66. The third kappa shape index (κ3) is 3.91. The van der Waals surface area contributed by atoms with E-state index in [1.165, 1.54) is 25.7 Å². The van der Waals surface area contributed by atoms with Gasteiger partial charge in [-0.1, -0.05) is 12.8 Å². The summed E-state index contributed by atoms with van der Waals surface area (Å²) < 4.78 is 0. The quantitative estimate of drug-likeness (QED) is 0.533. The summed E-state index contributed by atoms with van der Waals surface area (Å²) in [5.41, 5.74) is 3.00. The van der Waals surface area contributed by atoms with Crippen LogP contribution in [0.2, 0.25) is 0 Å². The van der Waals surface area contributed by atoms with Gasteiger partial charge in [-0.05, 0) is 32.0 Å². The van der Waals surface area contributed by atoms with E-state index in [-0.39, 0.29) is 5.91 Å². The van der Waals surface area contributed by atoms with E-state index in [2.05, 4.69) is 27.7 Å². The Balaban J connectivity index is 1.76. The fourth-order valence-corrected chi connectivity index (χ4v) is 2.63. The number of nitrogens with zero attached hydrogens (tertiary/aromatic N) is 2. The molecule has 1 aliphatic carbocycles. The summed E-state index contributed by atoms with van der Waals surface area (Å²) in [4.78, 5) is 18.3. The van der Waals surface area contributed by atoms with Gasteiger partial charge in [-0.3, -0.25) is 4.79 Å². The van der Waals surface area contributed by atoms with Crippen molar-refractivity contribution >= 4 is 11.7 Å². The van der Waals surface area contributed by atoms with Gasteiger partial charge in [0.25, 0.3) is 5.91 Å². The largest absolute Gasteiger partial charge is 0.351 e. The minimum absolute atomic E-state index is 0.0938. The zero-order valence-electron chi connectivity index (χ0n) is 11.9. The number of hydrogen-bond donors (Lipinski definition) is 3. The van der Waals surface area contributed by atoms with E-state index in [9.17, 15) is 4.79 Å². The molecule has 0 unspecified atom stereocenters. The van der Waals surface area contributed by atoms with Gasteiger partial charge in [0.1, 0.15) is 5.82 Å². The van der Waals surface area contributed by atoms with Gasteiger partial charge in [0.05, 0.1) is 0 Å². The minimum Gasteiger partial charge on any atom is -0.351 e. The number of pyridine rings is 1. The molecule has 1 saturated carbocycles. The van der Waals surface area contributed by atoms with Crippen LogP contribution < -0.4 is 16.6 Å². The second-order valence-electron chi connectivity index (χ2n) is 5.25. The normalized spacial score (nSPS) is 15.6. The van der Waals surface area contributed by atoms with Crippen LogP contribution in [0.1, 0.15) is 36.0 Å². The molecule has 1 aromatic rings. The van der Waals surface area contributed by atoms with Crippen molar-refractivity contribution in [3.63, 3.8) is 0 Å². The first-order valence-corrected chi connectivity index (χ1v) is 7.12. The third-order valence-corrected chi connectivity index (χ3v) is 3.87. The minimum atomic E-state index is -0.0938. The lowest BCUT2D eigenvalue weighted by Crippen LogP contribution is -2.37. The van der Waals surface area contributed by atoms with Gasteiger partial charge in [-0.25, -0.2) is 10.8 Å². The van der Waals surface area contributed by atoms with Crippen LogP contribution in [0.3, 0.4) is 0 Å². The van der Waals surface area contributed by atoms with Crippen LogP contribution in [0.4, 0.5) is 5.82 Å². The monoisotopic (exact) mass is 277 g/mol. The maximum absolute atomic E-state index is 12.0. The molecule has 1 heterocycles. The molecule has 0 radical (unpaired) electrons. The number of hydrogen-bond acceptors (Lipinski definition) is 5. The molecular formula is C14H23N5O. The SMILES string of the molecule is CN(CCNC(=O)c1ccnc(NN)c1)C1CCCC1. The standard InChI is InChI=1S/C14H23N5O/c1-19(12-4-2-3-5-12)9-8-17-14(20)11-6-7-16-13(10-11)18-15/h6-7,10,12H,2-5,8-9,15H2,1H3,(H,16,18)(H,17,20). The van der Waals surface area contributed by atoms with Crippen molar-refractivity contribution < 1.29 is 4.79 Å². The third-order valence-electron chi connectivity index (χ3n) is 3.87. The van der Waals surface area contributed by atoms with Gasteiger partial charge in [0.15, 0.2) is 0 Å². The molecule has 110 valence electrons. The van der Waals surface area contributed by atoms with Crippen molar-refractivity contribution in [3.8, 4) is 0 Å². The number of nitrogens with two attached hydrogens (primary N) is 1. The zero-order chi connectivity index (χ0) is 14.4. The van der Waals surface area contributed by atoms with Gasteiger partial charge in [0.2, 0.25) is 0 Å². The van der Waals surface area contributed by atoms with E-state index < -0.39 is 0 Å². The second-order valence-corrected chi connectivity index (χ2v) is 5.25. The number of carbonyl (C=O) groups is 1. The van der Waals surface area contributed by atoms with E-state index in [4.69, 9.17) is 5.84 Å². The highest BCUT2D eigenvalue weighted by molar-refractivity contribution is 5.94. The Bertz CT molecular complexity index is 445. The molecule has 6 heteroatoms. The fraction of sp³-hybridized carbons (Fsp3) is 0.571. The van der Waals surface area contributed by atoms with E-state index in [1.807, 2.05) is 0 Å². The van der Waals surface area contributed by atoms with Gasteiger partial charge in [-0.2, -0.15) is 0 Å².